The molecular formula is C18H27NO2. The third-order valence-electron chi connectivity index (χ3n) is 4.84. The second-order valence-electron chi connectivity index (χ2n) is 6.68. The average molecular weight is 289 g/mol. The summed E-state index contributed by atoms with van der Waals surface area (Å²) in [6, 6.07) is 6.85. The summed E-state index contributed by atoms with van der Waals surface area (Å²) >= 11 is 0. The molecule has 116 valence electrons. The van der Waals surface area contributed by atoms with Crippen LogP contribution in [0.15, 0.2) is 18.2 Å². The number of fused-ring (bicyclic) bond motifs is 1. The Balaban J connectivity index is 1.65. The number of para-hydroxylation sites is 1. The molecule has 0 saturated heterocycles. The number of nitrogens with one attached hydrogen (secondary N) is 1. The third kappa shape index (κ3) is 3.52. The lowest BCUT2D eigenvalue weighted by atomic mass is 9.80. The van der Waals surface area contributed by atoms with E-state index in [1.807, 2.05) is 6.07 Å². The predicted octanol–water partition coefficient (Wildman–Crippen LogP) is 3.76. The smallest absolute Gasteiger partial charge is 0.165 e. The highest BCUT2D eigenvalue weighted by molar-refractivity contribution is 5.47. The molecule has 3 rings (SSSR count). The second-order valence-corrected chi connectivity index (χ2v) is 6.68. The zero-order chi connectivity index (χ0) is 14.7. The summed E-state index contributed by atoms with van der Waals surface area (Å²) in [5, 5.41) is 3.74. The summed E-state index contributed by atoms with van der Waals surface area (Å²) in [6.45, 7) is 7.12. The van der Waals surface area contributed by atoms with Crippen molar-refractivity contribution < 1.29 is 9.47 Å². The number of benzene rings is 1. The molecule has 21 heavy (non-hydrogen) atoms. The monoisotopic (exact) mass is 289 g/mol. The van der Waals surface area contributed by atoms with Gasteiger partial charge in [0.2, 0.25) is 0 Å². The lowest BCUT2D eigenvalue weighted by Crippen LogP contribution is -2.38. The maximum Gasteiger partial charge on any atom is 0.165 e. The highest BCUT2D eigenvalue weighted by Crippen LogP contribution is 2.34. The van der Waals surface area contributed by atoms with Crippen LogP contribution in [0.2, 0.25) is 0 Å². The van der Waals surface area contributed by atoms with Crippen LogP contribution in [0.25, 0.3) is 0 Å². The van der Waals surface area contributed by atoms with Crippen molar-refractivity contribution in [1.82, 2.24) is 5.32 Å². The molecule has 0 bridgehead atoms. The molecule has 2 aliphatic rings. The van der Waals surface area contributed by atoms with Crippen molar-refractivity contribution in [3.05, 3.63) is 23.8 Å². The lowest BCUT2D eigenvalue weighted by molar-refractivity contribution is 0.226. The molecule has 0 spiro atoms. The summed E-state index contributed by atoms with van der Waals surface area (Å²) in [5.74, 6) is 3.48. The van der Waals surface area contributed by atoms with Crippen LogP contribution in [-0.4, -0.2) is 19.3 Å². The van der Waals surface area contributed by atoms with Crippen molar-refractivity contribution in [3.63, 3.8) is 0 Å². The molecule has 3 unspecified atom stereocenters. The SMILES string of the molecule is CC1CCC(NCc2cccc3c2OCCCO3)C(C)C1. The van der Waals surface area contributed by atoms with E-state index in [2.05, 4.69) is 31.3 Å². The maximum absolute atomic E-state index is 5.90. The highest BCUT2D eigenvalue weighted by Gasteiger charge is 2.25. The second kappa shape index (κ2) is 6.69. The van der Waals surface area contributed by atoms with Crippen molar-refractivity contribution in [1.29, 1.82) is 0 Å². The van der Waals surface area contributed by atoms with Gasteiger partial charge in [0.15, 0.2) is 11.5 Å². The minimum atomic E-state index is 0.628. The van der Waals surface area contributed by atoms with Crippen LogP contribution in [0.1, 0.15) is 45.1 Å². The quantitative estimate of drug-likeness (QED) is 0.919. The number of hydrogen-bond acceptors (Lipinski definition) is 3. The first-order chi connectivity index (χ1) is 10.2. The first kappa shape index (κ1) is 14.7. The number of ether oxygens (including phenoxy) is 2. The molecule has 1 saturated carbocycles. The Morgan fingerprint density at radius 2 is 2.00 bits per heavy atom. The summed E-state index contributed by atoms with van der Waals surface area (Å²) in [4.78, 5) is 0. The van der Waals surface area contributed by atoms with E-state index >= 15 is 0 Å². The Morgan fingerprint density at radius 1 is 1.14 bits per heavy atom. The fourth-order valence-electron chi connectivity index (χ4n) is 3.60. The molecule has 3 heteroatoms. The van der Waals surface area contributed by atoms with Gasteiger partial charge in [0.1, 0.15) is 0 Å². The van der Waals surface area contributed by atoms with Gasteiger partial charge in [0, 0.05) is 24.6 Å². The van der Waals surface area contributed by atoms with Crippen molar-refractivity contribution in [3.8, 4) is 11.5 Å². The summed E-state index contributed by atoms with van der Waals surface area (Å²) in [7, 11) is 0. The van der Waals surface area contributed by atoms with E-state index < -0.39 is 0 Å². The van der Waals surface area contributed by atoms with Gasteiger partial charge in [-0.25, -0.2) is 0 Å². The molecule has 1 aromatic rings. The highest BCUT2D eigenvalue weighted by atomic mass is 16.5. The van der Waals surface area contributed by atoms with Gasteiger partial charge in [-0.1, -0.05) is 26.0 Å². The fourth-order valence-corrected chi connectivity index (χ4v) is 3.60. The number of rotatable bonds is 3. The van der Waals surface area contributed by atoms with Gasteiger partial charge in [-0.05, 0) is 37.2 Å². The molecule has 1 heterocycles. The maximum atomic E-state index is 5.90. The topological polar surface area (TPSA) is 30.5 Å². The zero-order valence-electron chi connectivity index (χ0n) is 13.2. The molecule has 1 fully saturated rings. The summed E-state index contributed by atoms with van der Waals surface area (Å²) in [6.07, 6.45) is 4.92. The van der Waals surface area contributed by atoms with Gasteiger partial charge in [0.25, 0.3) is 0 Å². The molecule has 0 aromatic heterocycles. The molecule has 1 N–H and O–H groups in total. The third-order valence-corrected chi connectivity index (χ3v) is 4.84. The standard InChI is InChI=1S/C18H27NO2/c1-13-7-8-16(14(2)11-13)19-12-15-5-3-6-17-18(15)21-10-4-9-20-17/h3,5-6,13-14,16,19H,4,7-12H2,1-2H3. The Hall–Kier alpha value is -1.22. The zero-order valence-corrected chi connectivity index (χ0v) is 13.2. The molecule has 3 atom stereocenters. The summed E-state index contributed by atoms with van der Waals surface area (Å²) < 4.78 is 11.7. The predicted molar refractivity (Wildman–Crippen MR) is 84.9 cm³/mol. The minimum Gasteiger partial charge on any atom is -0.490 e. The van der Waals surface area contributed by atoms with E-state index in [1.54, 1.807) is 0 Å². The Bertz CT molecular complexity index is 474. The van der Waals surface area contributed by atoms with Crippen LogP contribution >= 0.6 is 0 Å². The van der Waals surface area contributed by atoms with Gasteiger partial charge in [-0.3, -0.25) is 0 Å². The number of hydrogen-bond donors (Lipinski definition) is 1. The van der Waals surface area contributed by atoms with E-state index in [0.29, 0.717) is 6.04 Å². The molecule has 0 radical (unpaired) electrons. The van der Waals surface area contributed by atoms with Crippen LogP contribution < -0.4 is 14.8 Å². The molecule has 0 amide bonds. The molecule has 1 aromatic carbocycles. The van der Waals surface area contributed by atoms with Gasteiger partial charge in [-0.2, -0.15) is 0 Å². The lowest BCUT2D eigenvalue weighted by Gasteiger charge is -2.33. The Kier molecular flexibility index (Phi) is 4.69. The first-order valence-electron chi connectivity index (χ1n) is 8.35. The minimum absolute atomic E-state index is 0.628. The summed E-state index contributed by atoms with van der Waals surface area (Å²) in [5.41, 5.74) is 1.22. The van der Waals surface area contributed by atoms with E-state index in [0.717, 1.165) is 49.5 Å². The fraction of sp³-hybridized carbons (Fsp3) is 0.667. The van der Waals surface area contributed by atoms with E-state index in [9.17, 15) is 0 Å². The van der Waals surface area contributed by atoms with E-state index in [4.69, 9.17) is 9.47 Å². The van der Waals surface area contributed by atoms with Gasteiger partial charge < -0.3 is 14.8 Å². The molecular weight excluding hydrogens is 262 g/mol. The van der Waals surface area contributed by atoms with Gasteiger partial charge >= 0.3 is 0 Å². The molecule has 1 aliphatic carbocycles. The van der Waals surface area contributed by atoms with E-state index in [-0.39, 0.29) is 0 Å². The van der Waals surface area contributed by atoms with Crippen LogP contribution in [0.4, 0.5) is 0 Å². The van der Waals surface area contributed by atoms with Crippen LogP contribution in [-0.2, 0) is 6.54 Å². The van der Waals surface area contributed by atoms with Crippen LogP contribution in [0, 0.1) is 11.8 Å². The van der Waals surface area contributed by atoms with E-state index in [1.165, 1.54) is 24.8 Å². The van der Waals surface area contributed by atoms with Gasteiger partial charge in [-0.15, -0.1) is 0 Å². The molecule has 1 aliphatic heterocycles. The van der Waals surface area contributed by atoms with Crippen molar-refractivity contribution in [2.75, 3.05) is 13.2 Å². The van der Waals surface area contributed by atoms with Crippen molar-refractivity contribution >= 4 is 0 Å². The largest absolute Gasteiger partial charge is 0.490 e. The van der Waals surface area contributed by atoms with Crippen molar-refractivity contribution in [2.45, 2.75) is 52.1 Å². The first-order valence-corrected chi connectivity index (χ1v) is 8.35. The normalized spacial score (nSPS) is 29.0. The Morgan fingerprint density at radius 3 is 2.86 bits per heavy atom. The van der Waals surface area contributed by atoms with Gasteiger partial charge in [0.05, 0.1) is 13.2 Å². The Labute approximate surface area is 128 Å². The molecule has 3 nitrogen and oxygen atoms in total. The van der Waals surface area contributed by atoms with Crippen LogP contribution in [0.5, 0.6) is 11.5 Å². The average Bonchev–Trinajstić information content (AvgIpc) is 2.72. The van der Waals surface area contributed by atoms with Crippen LogP contribution in [0.3, 0.4) is 0 Å². The van der Waals surface area contributed by atoms with Crippen molar-refractivity contribution in [2.24, 2.45) is 11.8 Å².